The zero-order valence-corrected chi connectivity index (χ0v) is 9.84. The number of fused-ring (bicyclic) bond motifs is 1. The van der Waals surface area contributed by atoms with E-state index in [0.29, 0.717) is 3.57 Å². The molecule has 1 aromatic carbocycles. The molecule has 2 aromatic rings. The first-order valence-electron chi connectivity index (χ1n) is 3.82. The normalized spacial score (nSPS) is 10.9. The SMILES string of the molecule is OB(O)c1c(F)cc2sccc2c1I. The van der Waals surface area contributed by atoms with Gasteiger partial charge in [0.25, 0.3) is 0 Å². The third-order valence-corrected chi connectivity index (χ3v) is 3.97. The van der Waals surface area contributed by atoms with Gasteiger partial charge in [0.2, 0.25) is 0 Å². The molecule has 0 spiro atoms. The Hall–Kier alpha value is -0.175. The largest absolute Gasteiger partial charge is 0.492 e. The Kier molecular flexibility index (Phi) is 2.78. The highest BCUT2D eigenvalue weighted by Gasteiger charge is 2.22. The van der Waals surface area contributed by atoms with E-state index in [1.54, 1.807) is 0 Å². The third kappa shape index (κ3) is 1.56. The van der Waals surface area contributed by atoms with E-state index in [1.807, 2.05) is 34.0 Å². The smallest absolute Gasteiger partial charge is 0.423 e. The van der Waals surface area contributed by atoms with E-state index in [1.165, 1.54) is 17.4 Å². The maximum atomic E-state index is 13.4. The van der Waals surface area contributed by atoms with Gasteiger partial charge in [-0.1, -0.05) is 0 Å². The molecule has 0 bridgehead atoms. The maximum Gasteiger partial charge on any atom is 0.492 e. The van der Waals surface area contributed by atoms with E-state index >= 15 is 0 Å². The van der Waals surface area contributed by atoms with Crippen LogP contribution in [0, 0.1) is 9.39 Å². The first-order chi connectivity index (χ1) is 6.61. The summed E-state index contributed by atoms with van der Waals surface area (Å²) in [6.45, 7) is 0. The van der Waals surface area contributed by atoms with Crippen LogP contribution in [-0.4, -0.2) is 17.2 Å². The fraction of sp³-hybridized carbons (Fsp3) is 0. The summed E-state index contributed by atoms with van der Waals surface area (Å²) >= 11 is 3.35. The monoisotopic (exact) mass is 322 g/mol. The highest BCUT2D eigenvalue weighted by Crippen LogP contribution is 2.25. The summed E-state index contributed by atoms with van der Waals surface area (Å²) in [5, 5.41) is 20.7. The lowest BCUT2D eigenvalue weighted by molar-refractivity contribution is 0.423. The molecule has 0 atom stereocenters. The molecule has 0 amide bonds. The average molecular weight is 322 g/mol. The molecule has 0 radical (unpaired) electrons. The van der Waals surface area contributed by atoms with E-state index in [4.69, 9.17) is 10.0 Å². The van der Waals surface area contributed by atoms with Crippen LogP contribution in [0.4, 0.5) is 4.39 Å². The van der Waals surface area contributed by atoms with E-state index in [-0.39, 0.29) is 5.46 Å². The van der Waals surface area contributed by atoms with Crippen molar-refractivity contribution in [2.45, 2.75) is 0 Å². The topological polar surface area (TPSA) is 40.5 Å². The number of benzene rings is 1. The van der Waals surface area contributed by atoms with Crippen LogP contribution in [0.1, 0.15) is 0 Å². The fourth-order valence-corrected chi connectivity index (χ4v) is 3.30. The van der Waals surface area contributed by atoms with E-state index in [0.717, 1.165) is 10.1 Å². The molecule has 0 aliphatic rings. The lowest BCUT2D eigenvalue weighted by atomic mass is 9.79. The van der Waals surface area contributed by atoms with Crippen molar-refractivity contribution in [2.75, 3.05) is 0 Å². The predicted octanol–water partition coefficient (Wildman–Crippen LogP) is 1.32. The van der Waals surface area contributed by atoms with E-state index in [9.17, 15) is 4.39 Å². The molecule has 2 N–H and O–H groups in total. The minimum absolute atomic E-state index is 0.0449. The zero-order chi connectivity index (χ0) is 10.3. The van der Waals surface area contributed by atoms with Crippen molar-refractivity contribution in [1.29, 1.82) is 0 Å². The highest BCUT2D eigenvalue weighted by atomic mass is 127. The van der Waals surface area contributed by atoms with Gasteiger partial charge in [0, 0.05) is 19.1 Å². The van der Waals surface area contributed by atoms with Crippen LogP contribution >= 0.6 is 33.9 Å². The van der Waals surface area contributed by atoms with Crippen molar-refractivity contribution in [2.24, 2.45) is 0 Å². The average Bonchev–Trinajstić information content (AvgIpc) is 2.50. The summed E-state index contributed by atoms with van der Waals surface area (Å²) in [5.74, 6) is -0.570. The molecule has 0 saturated heterocycles. The molecule has 0 aliphatic heterocycles. The van der Waals surface area contributed by atoms with Crippen LogP contribution in [-0.2, 0) is 0 Å². The molecule has 2 rings (SSSR count). The van der Waals surface area contributed by atoms with Gasteiger partial charge >= 0.3 is 7.12 Å². The third-order valence-electron chi connectivity index (χ3n) is 1.94. The number of hydrogen-bond acceptors (Lipinski definition) is 3. The van der Waals surface area contributed by atoms with Crippen molar-refractivity contribution in [3.05, 3.63) is 26.9 Å². The van der Waals surface area contributed by atoms with Crippen molar-refractivity contribution in [1.82, 2.24) is 0 Å². The van der Waals surface area contributed by atoms with Gasteiger partial charge in [-0.15, -0.1) is 11.3 Å². The summed E-state index contributed by atoms with van der Waals surface area (Å²) in [6.07, 6.45) is 0. The molecule has 0 unspecified atom stereocenters. The van der Waals surface area contributed by atoms with Gasteiger partial charge in [-0.25, -0.2) is 4.39 Å². The quantitative estimate of drug-likeness (QED) is 0.614. The van der Waals surface area contributed by atoms with Crippen LogP contribution in [0.15, 0.2) is 17.5 Å². The number of halogens is 2. The van der Waals surface area contributed by atoms with Crippen molar-refractivity contribution in [3.8, 4) is 0 Å². The lowest BCUT2D eigenvalue weighted by Gasteiger charge is -2.05. The summed E-state index contributed by atoms with van der Waals surface area (Å²) in [6, 6.07) is 3.17. The molecule has 72 valence electrons. The second kappa shape index (κ2) is 3.76. The molecule has 0 saturated carbocycles. The zero-order valence-electron chi connectivity index (χ0n) is 6.87. The van der Waals surface area contributed by atoms with Crippen LogP contribution in [0.25, 0.3) is 10.1 Å². The lowest BCUT2D eigenvalue weighted by Crippen LogP contribution is -2.35. The van der Waals surface area contributed by atoms with Gasteiger partial charge in [-0.2, -0.15) is 0 Å². The van der Waals surface area contributed by atoms with Gasteiger partial charge in [0.05, 0.1) is 0 Å². The minimum atomic E-state index is -1.76. The maximum absolute atomic E-state index is 13.4. The summed E-state index contributed by atoms with van der Waals surface area (Å²) < 4.78 is 14.8. The molecular weight excluding hydrogens is 317 g/mol. The Morgan fingerprint density at radius 3 is 2.79 bits per heavy atom. The molecule has 6 heteroatoms. The van der Waals surface area contributed by atoms with Crippen LogP contribution < -0.4 is 5.46 Å². The van der Waals surface area contributed by atoms with Crippen molar-refractivity contribution in [3.63, 3.8) is 0 Å². The van der Waals surface area contributed by atoms with Crippen LogP contribution in [0.2, 0.25) is 0 Å². The molecule has 14 heavy (non-hydrogen) atoms. The highest BCUT2D eigenvalue weighted by molar-refractivity contribution is 14.1. The number of hydrogen-bond donors (Lipinski definition) is 2. The molecule has 2 nitrogen and oxygen atoms in total. The number of rotatable bonds is 1. The predicted molar refractivity (Wildman–Crippen MR) is 64.3 cm³/mol. The van der Waals surface area contributed by atoms with E-state index in [2.05, 4.69) is 0 Å². The Balaban J connectivity index is 2.82. The molecule has 1 aromatic heterocycles. The Labute approximate surface area is 97.7 Å². The molecular formula is C8H5BFIO2S. The Bertz CT molecular complexity index is 485. The number of thiophene rings is 1. The van der Waals surface area contributed by atoms with Gasteiger partial charge in [-0.05, 0) is 40.1 Å². The van der Waals surface area contributed by atoms with Gasteiger partial charge < -0.3 is 10.0 Å². The second-order valence-corrected chi connectivity index (χ2v) is 4.82. The minimum Gasteiger partial charge on any atom is -0.423 e. The van der Waals surface area contributed by atoms with Gasteiger partial charge in [0.1, 0.15) is 5.82 Å². The van der Waals surface area contributed by atoms with Crippen LogP contribution in [0.3, 0.4) is 0 Å². The van der Waals surface area contributed by atoms with E-state index < -0.39 is 12.9 Å². The molecule has 0 aliphatic carbocycles. The van der Waals surface area contributed by atoms with Gasteiger partial charge in [-0.3, -0.25) is 0 Å². The Morgan fingerprint density at radius 1 is 1.43 bits per heavy atom. The fourth-order valence-electron chi connectivity index (χ4n) is 1.29. The first-order valence-corrected chi connectivity index (χ1v) is 5.78. The summed E-state index contributed by atoms with van der Waals surface area (Å²) in [7, 11) is -1.76. The van der Waals surface area contributed by atoms with Crippen molar-refractivity contribution < 1.29 is 14.4 Å². The molecule has 1 heterocycles. The second-order valence-electron chi connectivity index (χ2n) is 2.79. The van der Waals surface area contributed by atoms with Crippen LogP contribution in [0.5, 0.6) is 0 Å². The first kappa shape index (κ1) is 10.3. The van der Waals surface area contributed by atoms with Gasteiger partial charge in [0.15, 0.2) is 0 Å². The standard InChI is InChI=1S/C8H5BFIO2S/c10-5-3-6-4(1-2-14-6)8(11)7(5)9(12)13/h1-3,12-13H. The molecule has 0 fully saturated rings. The Morgan fingerprint density at radius 2 is 2.14 bits per heavy atom. The summed E-state index contributed by atoms with van der Waals surface area (Å²) in [5.41, 5.74) is -0.0449. The summed E-state index contributed by atoms with van der Waals surface area (Å²) in [4.78, 5) is 0. The van der Waals surface area contributed by atoms with Crippen molar-refractivity contribution >= 4 is 56.6 Å².